The maximum absolute atomic E-state index is 12.3. The summed E-state index contributed by atoms with van der Waals surface area (Å²) in [6.45, 7) is 3.09. The van der Waals surface area contributed by atoms with E-state index in [0.29, 0.717) is 29.5 Å². The molecular formula is C17H16BrClN2O2. The number of ether oxygens (including phenoxy) is 1. The van der Waals surface area contributed by atoms with Crippen LogP contribution in [-0.4, -0.2) is 32.2 Å². The SMILES string of the molecule is O=C(Nc1cc(N2CCOCC2)ccc1Cl)c1ccc(Br)cc1. The maximum atomic E-state index is 12.3. The number of nitrogens with zero attached hydrogens (tertiary/aromatic N) is 1. The van der Waals surface area contributed by atoms with E-state index >= 15 is 0 Å². The number of benzene rings is 2. The van der Waals surface area contributed by atoms with E-state index in [2.05, 4.69) is 26.1 Å². The number of hydrogen-bond acceptors (Lipinski definition) is 3. The molecule has 120 valence electrons. The monoisotopic (exact) mass is 394 g/mol. The summed E-state index contributed by atoms with van der Waals surface area (Å²) >= 11 is 9.58. The quantitative estimate of drug-likeness (QED) is 0.847. The molecule has 0 aromatic heterocycles. The Morgan fingerprint density at radius 2 is 1.83 bits per heavy atom. The zero-order valence-corrected chi connectivity index (χ0v) is 14.7. The van der Waals surface area contributed by atoms with Crippen molar-refractivity contribution < 1.29 is 9.53 Å². The van der Waals surface area contributed by atoms with E-state index in [4.69, 9.17) is 16.3 Å². The van der Waals surface area contributed by atoms with Gasteiger partial charge in [-0.15, -0.1) is 0 Å². The molecule has 0 bridgehead atoms. The van der Waals surface area contributed by atoms with Gasteiger partial charge in [-0.3, -0.25) is 4.79 Å². The molecule has 0 atom stereocenters. The molecule has 0 spiro atoms. The van der Waals surface area contributed by atoms with Gasteiger partial charge in [0.25, 0.3) is 5.91 Å². The van der Waals surface area contributed by atoms with Crippen LogP contribution in [0.25, 0.3) is 0 Å². The number of carbonyl (C=O) groups is 1. The molecule has 2 aromatic rings. The van der Waals surface area contributed by atoms with E-state index in [-0.39, 0.29) is 5.91 Å². The molecule has 1 aliphatic heterocycles. The maximum Gasteiger partial charge on any atom is 0.255 e. The molecule has 1 N–H and O–H groups in total. The summed E-state index contributed by atoms with van der Waals surface area (Å²) in [5.74, 6) is -0.182. The van der Waals surface area contributed by atoms with Crippen molar-refractivity contribution in [1.29, 1.82) is 0 Å². The summed E-state index contributed by atoms with van der Waals surface area (Å²) < 4.78 is 6.30. The summed E-state index contributed by atoms with van der Waals surface area (Å²) in [6, 6.07) is 12.9. The van der Waals surface area contributed by atoms with Crippen LogP contribution in [0.5, 0.6) is 0 Å². The number of anilines is 2. The Bertz CT molecular complexity index is 700. The van der Waals surface area contributed by atoms with Crippen molar-refractivity contribution in [3.05, 3.63) is 57.5 Å². The highest BCUT2D eigenvalue weighted by Crippen LogP contribution is 2.28. The Balaban J connectivity index is 1.78. The van der Waals surface area contributed by atoms with E-state index in [1.54, 1.807) is 12.1 Å². The fraction of sp³-hybridized carbons (Fsp3) is 0.235. The molecule has 6 heteroatoms. The van der Waals surface area contributed by atoms with Crippen molar-refractivity contribution in [2.45, 2.75) is 0 Å². The summed E-state index contributed by atoms with van der Waals surface area (Å²) in [4.78, 5) is 14.6. The van der Waals surface area contributed by atoms with Crippen molar-refractivity contribution in [3.8, 4) is 0 Å². The standard InChI is InChI=1S/C17H16BrClN2O2/c18-13-3-1-12(2-4-13)17(22)20-16-11-14(5-6-15(16)19)21-7-9-23-10-8-21/h1-6,11H,7-10H2,(H,20,22). The van der Waals surface area contributed by atoms with Gasteiger partial charge in [0.05, 0.1) is 23.9 Å². The number of halogens is 2. The lowest BCUT2D eigenvalue weighted by Gasteiger charge is -2.29. The molecule has 23 heavy (non-hydrogen) atoms. The molecule has 1 fully saturated rings. The molecule has 4 nitrogen and oxygen atoms in total. The zero-order chi connectivity index (χ0) is 16.2. The number of rotatable bonds is 3. The van der Waals surface area contributed by atoms with E-state index in [9.17, 15) is 4.79 Å². The second-order valence-corrected chi connectivity index (χ2v) is 6.55. The Morgan fingerprint density at radius 3 is 2.52 bits per heavy atom. The summed E-state index contributed by atoms with van der Waals surface area (Å²) in [6.07, 6.45) is 0. The number of morpholine rings is 1. The minimum atomic E-state index is -0.182. The third-order valence-electron chi connectivity index (χ3n) is 3.68. The fourth-order valence-electron chi connectivity index (χ4n) is 2.42. The van der Waals surface area contributed by atoms with Crippen LogP contribution in [0.3, 0.4) is 0 Å². The summed E-state index contributed by atoms with van der Waals surface area (Å²) in [7, 11) is 0. The molecule has 1 heterocycles. The Morgan fingerprint density at radius 1 is 1.13 bits per heavy atom. The van der Waals surface area contributed by atoms with Gasteiger partial charge in [0.2, 0.25) is 0 Å². The van der Waals surface area contributed by atoms with Gasteiger partial charge in [0.15, 0.2) is 0 Å². The lowest BCUT2D eigenvalue weighted by atomic mass is 10.2. The van der Waals surface area contributed by atoms with Crippen molar-refractivity contribution >= 4 is 44.8 Å². The average Bonchev–Trinajstić information content (AvgIpc) is 2.58. The summed E-state index contributed by atoms with van der Waals surface area (Å²) in [5.41, 5.74) is 2.23. The van der Waals surface area contributed by atoms with Crippen LogP contribution in [0.4, 0.5) is 11.4 Å². The zero-order valence-electron chi connectivity index (χ0n) is 12.4. The second-order valence-electron chi connectivity index (χ2n) is 5.22. The molecule has 0 saturated carbocycles. The van der Waals surface area contributed by atoms with Gasteiger partial charge in [-0.05, 0) is 42.5 Å². The van der Waals surface area contributed by atoms with Crippen molar-refractivity contribution in [2.75, 3.05) is 36.5 Å². The minimum absolute atomic E-state index is 0.182. The minimum Gasteiger partial charge on any atom is -0.378 e. The molecule has 3 rings (SSSR count). The molecule has 0 aliphatic carbocycles. The average molecular weight is 396 g/mol. The molecule has 1 amide bonds. The first kappa shape index (κ1) is 16.3. The highest BCUT2D eigenvalue weighted by molar-refractivity contribution is 9.10. The van der Waals surface area contributed by atoms with Crippen LogP contribution in [0.1, 0.15) is 10.4 Å². The van der Waals surface area contributed by atoms with E-state index < -0.39 is 0 Å². The highest BCUT2D eigenvalue weighted by Gasteiger charge is 2.14. The van der Waals surface area contributed by atoms with Crippen LogP contribution in [0.15, 0.2) is 46.9 Å². The van der Waals surface area contributed by atoms with Gasteiger partial charge in [0.1, 0.15) is 0 Å². The van der Waals surface area contributed by atoms with Crippen molar-refractivity contribution in [1.82, 2.24) is 0 Å². The van der Waals surface area contributed by atoms with Crippen molar-refractivity contribution in [2.24, 2.45) is 0 Å². The number of hydrogen-bond donors (Lipinski definition) is 1. The summed E-state index contributed by atoms with van der Waals surface area (Å²) in [5, 5.41) is 3.40. The molecular weight excluding hydrogens is 380 g/mol. The molecule has 0 unspecified atom stereocenters. The normalized spacial score (nSPS) is 14.6. The number of amides is 1. The van der Waals surface area contributed by atoms with E-state index in [1.807, 2.05) is 30.3 Å². The third kappa shape index (κ3) is 4.05. The fourth-order valence-corrected chi connectivity index (χ4v) is 2.85. The first-order valence-corrected chi connectivity index (χ1v) is 8.50. The highest BCUT2D eigenvalue weighted by atomic mass is 79.9. The molecule has 0 radical (unpaired) electrons. The van der Waals surface area contributed by atoms with Gasteiger partial charge >= 0.3 is 0 Å². The molecule has 1 aliphatic rings. The largest absolute Gasteiger partial charge is 0.378 e. The lowest BCUT2D eigenvalue weighted by Crippen LogP contribution is -2.36. The third-order valence-corrected chi connectivity index (χ3v) is 4.54. The van der Waals surface area contributed by atoms with Crippen LogP contribution >= 0.6 is 27.5 Å². The first-order chi connectivity index (χ1) is 11.1. The van der Waals surface area contributed by atoms with Gasteiger partial charge < -0.3 is 15.0 Å². The molecule has 1 saturated heterocycles. The second kappa shape index (κ2) is 7.34. The molecule has 2 aromatic carbocycles. The number of carbonyl (C=O) groups excluding carboxylic acids is 1. The Hall–Kier alpha value is -1.56. The first-order valence-electron chi connectivity index (χ1n) is 7.32. The lowest BCUT2D eigenvalue weighted by molar-refractivity contribution is 0.102. The topological polar surface area (TPSA) is 41.6 Å². The van der Waals surface area contributed by atoms with Gasteiger partial charge in [-0.1, -0.05) is 27.5 Å². The smallest absolute Gasteiger partial charge is 0.255 e. The van der Waals surface area contributed by atoms with Crippen LogP contribution < -0.4 is 10.2 Å². The number of nitrogens with one attached hydrogen (secondary N) is 1. The van der Waals surface area contributed by atoms with E-state index in [1.165, 1.54) is 0 Å². The predicted molar refractivity (Wildman–Crippen MR) is 96.6 cm³/mol. The van der Waals surface area contributed by atoms with E-state index in [0.717, 1.165) is 23.2 Å². The Kier molecular flexibility index (Phi) is 5.20. The predicted octanol–water partition coefficient (Wildman–Crippen LogP) is 4.19. The van der Waals surface area contributed by atoms with Gasteiger partial charge in [-0.2, -0.15) is 0 Å². The van der Waals surface area contributed by atoms with Gasteiger partial charge in [-0.25, -0.2) is 0 Å². The van der Waals surface area contributed by atoms with Crippen LogP contribution in [-0.2, 0) is 4.74 Å². The Labute approximate surface area is 148 Å². The van der Waals surface area contributed by atoms with Crippen LogP contribution in [0.2, 0.25) is 5.02 Å². The van der Waals surface area contributed by atoms with Gasteiger partial charge in [0, 0.05) is 28.8 Å². The van der Waals surface area contributed by atoms with Crippen LogP contribution in [0, 0.1) is 0 Å². The van der Waals surface area contributed by atoms with Crippen molar-refractivity contribution in [3.63, 3.8) is 0 Å².